The molecular weight excluding hydrogens is 194 g/mol. The van der Waals surface area contributed by atoms with E-state index in [0.717, 1.165) is 11.8 Å². The van der Waals surface area contributed by atoms with Gasteiger partial charge in [-0.1, -0.05) is 51.4 Å². The van der Waals surface area contributed by atoms with Gasteiger partial charge in [-0.25, -0.2) is 0 Å². The molecule has 0 saturated heterocycles. The van der Waals surface area contributed by atoms with E-state index in [1.807, 2.05) is 0 Å². The van der Waals surface area contributed by atoms with E-state index in [0.29, 0.717) is 0 Å². The van der Waals surface area contributed by atoms with Crippen LogP contribution in [0, 0.1) is 11.8 Å². The first-order chi connectivity index (χ1) is 7.84. The van der Waals surface area contributed by atoms with Gasteiger partial charge in [-0.15, -0.1) is 0 Å². The molecule has 0 aromatic carbocycles. The van der Waals surface area contributed by atoms with Crippen LogP contribution in [0.4, 0.5) is 0 Å². The Morgan fingerprint density at radius 3 is 1.50 bits per heavy atom. The minimum Gasteiger partial charge on any atom is -0.306 e. The van der Waals surface area contributed by atoms with E-state index in [2.05, 4.69) is 11.9 Å². The fraction of sp³-hybridized carbons (Fsp3) is 1.00. The summed E-state index contributed by atoms with van der Waals surface area (Å²) in [6, 6.07) is 0. The second-order valence-electron chi connectivity index (χ2n) is 6.18. The molecule has 2 fully saturated rings. The molecule has 2 aliphatic rings. The average molecular weight is 223 g/mol. The zero-order chi connectivity index (χ0) is 11.2. The zero-order valence-electron chi connectivity index (χ0n) is 11.1. The molecule has 0 heterocycles. The summed E-state index contributed by atoms with van der Waals surface area (Å²) >= 11 is 0. The second-order valence-corrected chi connectivity index (χ2v) is 6.18. The number of rotatable bonds is 6. The smallest absolute Gasteiger partial charge is 0.00191 e. The molecule has 0 unspecified atom stereocenters. The Kier molecular flexibility index (Phi) is 5.15. The average Bonchev–Trinajstić information content (AvgIpc) is 2.96. The van der Waals surface area contributed by atoms with Crippen molar-refractivity contribution in [3.8, 4) is 0 Å². The second kappa shape index (κ2) is 6.64. The molecule has 94 valence electrons. The highest BCUT2D eigenvalue weighted by Crippen LogP contribution is 2.29. The van der Waals surface area contributed by atoms with Crippen molar-refractivity contribution in [1.82, 2.24) is 4.90 Å². The topological polar surface area (TPSA) is 3.24 Å². The van der Waals surface area contributed by atoms with E-state index >= 15 is 0 Å². The van der Waals surface area contributed by atoms with Gasteiger partial charge >= 0.3 is 0 Å². The van der Waals surface area contributed by atoms with Gasteiger partial charge in [0.25, 0.3) is 0 Å². The number of nitrogens with zero attached hydrogens (tertiary/aromatic N) is 1. The summed E-state index contributed by atoms with van der Waals surface area (Å²) in [6.45, 7) is 2.69. The summed E-state index contributed by atoms with van der Waals surface area (Å²) in [7, 11) is 2.32. The SMILES string of the molecule is CN(CCC1CCCC1)CCC1CCCC1. The Hall–Kier alpha value is -0.0400. The predicted molar refractivity (Wildman–Crippen MR) is 70.6 cm³/mol. The Bertz CT molecular complexity index is 158. The molecule has 0 atom stereocenters. The summed E-state index contributed by atoms with van der Waals surface area (Å²) in [4.78, 5) is 2.58. The predicted octanol–water partition coefficient (Wildman–Crippen LogP) is 4.08. The van der Waals surface area contributed by atoms with Crippen LogP contribution in [0.15, 0.2) is 0 Å². The molecule has 0 spiro atoms. The fourth-order valence-corrected chi connectivity index (χ4v) is 3.52. The monoisotopic (exact) mass is 223 g/mol. The molecule has 0 aliphatic heterocycles. The van der Waals surface area contributed by atoms with Gasteiger partial charge in [0.1, 0.15) is 0 Å². The van der Waals surface area contributed by atoms with Gasteiger partial charge in [0, 0.05) is 0 Å². The van der Waals surface area contributed by atoms with Crippen molar-refractivity contribution in [2.24, 2.45) is 11.8 Å². The first-order valence-corrected chi connectivity index (χ1v) is 7.53. The van der Waals surface area contributed by atoms with Crippen molar-refractivity contribution in [1.29, 1.82) is 0 Å². The Morgan fingerprint density at radius 1 is 0.750 bits per heavy atom. The largest absolute Gasteiger partial charge is 0.306 e. The van der Waals surface area contributed by atoms with Gasteiger partial charge in [0.2, 0.25) is 0 Å². The van der Waals surface area contributed by atoms with Crippen LogP contribution in [-0.2, 0) is 0 Å². The highest BCUT2D eigenvalue weighted by molar-refractivity contribution is 4.71. The lowest BCUT2D eigenvalue weighted by Crippen LogP contribution is -2.23. The molecule has 1 nitrogen and oxygen atoms in total. The zero-order valence-corrected chi connectivity index (χ0v) is 11.1. The lowest BCUT2D eigenvalue weighted by molar-refractivity contribution is 0.277. The molecule has 2 rings (SSSR count). The molecule has 0 aromatic rings. The summed E-state index contributed by atoms with van der Waals surface area (Å²) in [5, 5.41) is 0. The normalized spacial score (nSPS) is 23.6. The van der Waals surface area contributed by atoms with Crippen molar-refractivity contribution in [3.63, 3.8) is 0 Å². The van der Waals surface area contributed by atoms with Crippen LogP contribution in [0.25, 0.3) is 0 Å². The van der Waals surface area contributed by atoms with E-state index in [1.54, 1.807) is 0 Å². The summed E-state index contributed by atoms with van der Waals surface area (Å²) < 4.78 is 0. The fourth-order valence-electron chi connectivity index (χ4n) is 3.52. The molecule has 0 bridgehead atoms. The first-order valence-electron chi connectivity index (χ1n) is 7.53. The van der Waals surface area contributed by atoms with E-state index in [9.17, 15) is 0 Å². The van der Waals surface area contributed by atoms with Crippen LogP contribution < -0.4 is 0 Å². The Balaban J connectivity index is 1.51. The van der Waals surface area contributed by atoms with E-state index in [1.165, 1.54) is 77.3 Å². The molecule has 2 saturated carbocycles. The van der Waals surface area contributed by atoms with Gasteiger partial charge < -0.3 is 4.90 Å². The van der Waals surface area contributed by atoms with Crippen LogP contribution in [-0.4, -0.2) is 25.0 Å². The minimum atomic E-state index is 1.06. The summed E-state index contributed by atoms with van der Waals surface area (Å²) in [6.07, 6.45) is 14.9. The van der Waals surface area contributed by atoms with Crippen LogP contribution in [0.3, 0.4) is 0 Å². The third kappa shape index (κ3) is 4.08. The van der Waals surface area contributed by atoms with E-state index in [4.69, 9.17) is 0 Å². The molecule has 0 amide bonds. The lowest BCUT2D eigenvalue weighted by Gasteiger charge is -2.20. The summed E-state index contributed by atoms with van der Waals surface area (Å²) in [5.41, 5.74) is 0. The molecule has 1 heteroatoms. The highest BCUT2D eigenvalue weighted by atomic mass is 15.1. The number of hydrogen-bond acceptors (Lipinski definition) is 1. The molecule has 16 heavy (non-hydrogen) atoms. The maximum absolute atomic E-state index is 2.58. The molecule has 0 aromatic heterocycles. The van der Waals surface area contributed by atoms with E-state index in [-0.39, 0.29) is 0 Å². The number of hydrogen-bond donors (Lipinski definition) is 0. The molecule has 0 N–H and O–H groups in total. The van der Waals surface area contributed by atoms with Crippen molar-refractivity contribution >= 4 is 0 Å². The van der Waals surface area contributed by atoms with Crippen LogP contribution >= 0.6 is 0 Å². The van der Waals surface area contributed by atoms with Crippen molar-refractivity contribution in [3.05, 3.63) is 0 Å². The summed E-state index contributed by atoms with van der Waals surface area (Å²) in [5.74, 6) is 2.13. The van der Waals surface area contributed by atoms with Gasteiger partial charge in [0.05, 0.1) is 0 Å². The molecule has 2 aliphatic carbocycles. The molecule has 0 radical (unpaired) electrons. The highest BCUT2D eigenvalue weighted by Gasteiger charge is 2.17. The van der Waals surface area contributed by atoms with Crippen LogP contribution in [0.2, 0.25) is 0 Å². The third-order valence-electron chi connectivity index (χ3n) is 4.79. The Morgan fingerprint density at radius 2 is 1.12 bits per heavy atom. The van der Waals surface area contributed by atoms with Crippen molar-refractivity contribution in [2.75, 3.05) is 20.1 Å². The van der Waals surface area contributed by atoms with Crippen LogP contribution in [0.5, 0.6) is 0 Å². The van der Waals surface area contributed by atoms with Crippen LogP contribution in [0.1, 0.15) is 64.2 Å². The first kappa shape index (κ1) is 12.4. The Labute approximate surface area is 102 Å². The maximum Gasteiger partial charge on any atom is -0.00191 e. The maximum atomic E-state index is 2.58. The quantitative estimate of drug-likeness (QED) is 0.656. The standard InChI is InChI=1S/C15H29N/c1-16(12-10-14-6-2-3-7-14)13-11-15-8-4-5-9-15/h14-15H,2-13H2,1H3. The molecular formula is C15H29N. The van der Waals surface area contributed by atoms with Crippen molar-refractivity contribution in [2.45, 2.75) is 64.2 Å². The lowest BCUT2D eigenvalue weighted by atomic mass is 10.0. The minimum absolute atomic E-state index is 1.06. The van der Waals surface area contributed by atoms with Gasteiger partial charge in [-0.2, -0.15) is 0 Å². The third-order valence-corrected chi connectivity index (χ3v) is 4.79. The van der Waals surface area contributed by atoms with Crippen molar-refractivity contribution < 1.29 is 0 Å². The van der Waals surface area contributed by atoms with Gasteiger partial charge in [0.15, 0.2) is 0 Å². The van der Waals surface area contributed by atoms with Gasteiger partial charge in [-0.05, 0) is 44.8 Å². The van der Waals surface area contributed by atoms with E-state index < -0.39 is 0 Å². The van der Waals surface area contributed by atoms with Gasteiger partial charge in [-0.3, -0.25) is 0 Å².